The summed E-state index contributed by atoms with van der Waals surface area (Å²) in [5, 5.41) is 6.84. The number of benzene rings is 1. The monoisotopic (exact) mass is 282 g/mol. The summed E-state index contributed by atoms with van der Waals surface area (Å²) in [6.45, 7) is 5.79. The fourth-order valence-corrected chi connectivity index (χ4v) is 1.96. The molecule has 0 saturated carbocycles. The van der Waals surface area contributed by atoms with E-state index in [9.17, 15) is 4.79 Å². The van der Waals surface area contributed by atoms with Crippen molar-refractivity contribution in [3.63, 3.8) is 0 Å². The van der Waals surface area contributed by atoms with Gasteiger partial charge in [0.15, 0.2) is 0 Å². The van der Waals surface area contributed by atoms with Crippen molar-refractivity contribution >= 4 is 23.2 Å². The maximum Gasteiger partial charge on any atom is 0.225 e. The van der Waals surface area contributed by atoms with E-state index in [1.54, 1.807) is 0 Å². The molecule has 0 aliphatic rings. The fourth-order valence-electron chi connectivity index (χ4n) is 1.78. The van der Waals surface area contributed by atoms with Crippen LogP contribution < -0.4 is 10.6 Å². The van der Waals surface area contributed by atoms with Crippen LogP contribution in [0.4, 0.5) is 5.69 Å². The molecule has 1 aromatic rings. The molecule has 0 unspecified atom stereocenters. The van der Waals surface area contributed by atoms with E-state index in [2.05, 4.69) is 17.6 Å². The lowest BCUT2D eigenvalue weighted by Crippen LogP contribution is -2.22. The van der Waals surface area contributed by atoms with E-state index in [0.717, 1.165) is 24.3 Å². The molecular weight excluding hydrogens is 260 g/mol. The van der Waals surface area contributed by atoms with E-state index >= 15 is 0 Å². The van der Waals surface area contributed by atoms with Gasteiger partial charge in [0.1, 0.15) is 0 Å². The van der Waals surface area contributed by atoms with Gasteiger partial charge < -0.3 is 10.6 Å². The Hall–Kier alpha value is -1.06. The molecule has 4 heteroatoms. The average molecular weight is 283 g/mol. The zero-order valence-electron chi connectivity index (χ0n) is 11.8. The molecule has 19 heavy (non-hydrogen) atoms. The van der Waals surface area contributed by atoms with E-state index < -0.39 is 0 Å². The highest BCUT2D eigenvalue weighted by Crippen LogP contribution is 2.22. The normalized spacial score (nSPS) is 10.5. The minimum absolute atomic E-state index is 0.0216. The summed E-state index contributed by atoms with van der Waals surface area (Å²) < 4.78 is 0. The third-order valence-electron chi connectivity index (χ3n) is 3.03. The molecule has 0 atom stereocenters. The van der Waals surface area contributed by atoms with Crippen LogP contribution in [-0.2, 0) is 4.79 Å². The zero-order valence-corrected chi connectivity index (χ0v) is 12.5. The molecule has 1 rings (SSSR count). The average Bonchev–Trinajstić information content (AvgIpc) is 2.39. The third-order valence-corrected chi connectivity index (χ3v) is 3.44. The van der Waals surface area contributed by atoms with Crippen molar-refractivity contribution in [2.45, 2.75) is 39.5 Å². The second kappa shape index (κ2) is 8.94. The second-order valence-corrected chi connectivity index (χ2v) is 5.07. The summed E-state index contributed by atoms with van der Waals surface area (Å²) in [5.74, 6) is 0.0216. The van der Waals surface area contributed by atoms with Crippen LogP contribution in [0.2, 0.25) is 5.02 Å². The van der Waals surface area contributed by atoms with Gasteiger partial charge >= 0.3 is 0 Å². The molecular formula is C15H23ClN2O. The smallest absolute Gasteiger partial charge is 0.225 e. The largest absolute Gasteiger partial charge is 0.326 e. The van der Waals surface area contributed by atoms with E-state index in [4.69, 9.17) is 11.6 Å². The van der Waals surface area contributed by atoms with Crippen LogP contribution in [0.25, 0.3) is 0 Å². The van der Waals surface area contributed by atoms with Gasteiger partial charge in [-0.05, 0) is 37.6 Å². The summed E-state index contributed by atoms with van der Waals surface area (Å²) >= 11 is 6.01. The van der Waals surface area contributed by atoms with Crippen LogP contribution in [0, 0.1) is 6.92 Å². The number of carbonyl (C=O) groups excluding carboxylic acids is 1. The van der Waals surface area contributed by atoms with Crippen molar-refractivity contribution in [2.75, 3.05) is 18.4 Å². The molecule has 0 aliphatic heterocycles. The summed E-state index contributed by atoms with van der Waals surface area (Å²) in [4.78, 5) is 11.8. The quantitative estimate of drug-likeness (QED) is 0.713. The van der Waals surface area contributed by atoms with Gasteiger partial charge in [0.25, 0.3) is 0 Å². The Morgan fingerprint density at radius 2 is 2.05 bits per heavy atom. The maximum atomic E-state index is 11.8. The van der Waals surface area contributed by atoms with Crippen molar-refractivity contribution in [1.29, 1.82) is 0 Å². The predicted octanol–water partition coefficient (Wildman–Crippen LogP) is 3.76. The molecule has 0 saturated heterocycles. The molecule has 1 aromatic carbocycles. The minimum Gasteiger partial charge on any atom is -0.326 e. The van der Waals surface area contributed by atoms with Crippen LogP contribution >= 0.6 is 11.6 Å². The second-order valence-electron chi connectivity index (χ2n) is 4.67. The van der Waals surface area contributed by atoms with E-state index in [1.807, 2.05) is 25.1 Å². The van der Waals surface area contributed by atoms with Crippen LogP contribution in [0.3, 0.4) is 0 Å². The number of carbonyl (C=O) groups is 1. The van der Waals surface area contributed by atoms with Gasteiger partial charge in [0.05, 0.1) is 0 Å². The highest BCUT2D eigenvalue weighted by molar-refractivity contribution is 6.31. The number of nitrogens with one attached hydrogen (secondary N) is 2. The third kappa shape index (κ3) is 6.08. The van der Waals surface area contributed by atoms with Crippen LogP contribution in [0.1, 0.15) is 38.2 Å². The van der Waals surface area contributed by atoms with Crippen LogP contribution in [0.5, 0.6) is 0 Å². The lowest BCUT2D eigenvalue weighted by molar-refractivity contribution is -0.116. The predicted molar refractivity (Wildman–Crippen MR) is 81.8 cm³/mol. The van der Waals surface area contributed by atoms with Crippen molar-refractivity contribution < 1.29 is 4.79 Å². The first-order chi connectivity index (χ1) is 9.15. The summed E-state index contributed by atoms with van der Waals surface area (Å²) in [6.07, 6.45) is 4.11. The van der Waals surface area contributed by atoms with E-state index in [-0.39, 0.29) is 5.91 Å². The topological polar surface area (TPSA) is 41.1 Å². The first-order valence-electron chi connectivity index (χ1n) is 6.90. The highest BCUT2D eigenvalue weighted by atomic mass is 35.5. The molecule has 0 bridgehead atoms. The molecule has 106 valence electrons. The van der Waals surface area contributed by atoms with Gasteiger partial charge in [-0.2, -0.15) is 0 Å². The lowest BCUT2D eigenvalue weighted by Gasteiger charge is -2.09. The number of anilines is 1. The lowest BCUT2D eigenvalue weighted by atomic mass is 10.2. The molecule has 3 nitrogen and oxygen atoms in total. The Kier molecular flexibility index (Phi) is 7.53. The van der Waals surface area contributed by atoms with Gasteiger partial charge in [-0.15, -0.1) is 0 Å². The molecule has 0 fully saturated rings. The van der Waals surface area contributed by atoms with Crippen LogP contribution in [-0.4, -0.2) is 19.0 Å². The van der Waals surface area contributed by atoms with E-state index in [1.165, 1.54) is 19.3 Å². The molecule has 0 aliphatic carbocycles. The van der Waals surface area contributed by atoms with Gasteiger partial charge in [0, 0.05) is 23.7 Å². The summed E-state index contributed by atoms with van der Waals surface area (Å²) in [5.41, 5.74) is 1.71. The van der Waals surface area contributed by atoms with Crippen molar-refractivity contribution in [2.24, 2.45) is 0 Å². The first kappa shape index (κ1) is 16.0. The summed E-state index contributed by atoms with van der Waals surface area (Å²) in [6, 6.07) is 5.53. The number of rotatable bonds is 8. The Labute approximate surface area is 120 Å². The Balaban J connectivity index is 2.26. The molecule has 0 heterocycles. The molecule has 1 amide bonds. The van der Waals surface area contributed by atoms with Gasteiger partial charge in [0.2, 0.25) is 5.91 Å². The number of unbranched alkanes of at least 4 members (excludes halogenated alkanes) is 2. The highest BCUT2D eigenvalue weighted by Gasteiger charge is 2.06. The Morgan fingerprint density at radius 3 is 2.79 bits per heavy atom. The summed E-state index contributed by atoms with van der Waals surface area (Å²) in [7, 11) is 0. The van der Waals surface area contributed by atoms with Crippen molar-refractivity contribution in [3.05, 3.63) is 28.8 Å². The molecule has 0 aromatic heterocycles. The number of hydrogen-bond donors (Lipinski definition) is 2. The number of halogens is 1. The van der Waals surface area contributed by atoms with E-state index in [0.29, 0.717) is 11.4 Å². The van der Waals surface area contributed by atoms with Gasteiger partial charge in [-0.3, -0.25) is 4.79 Å². The number of hydrogen-bond acceptors (Lipinski definition) is 2. The van der Waals surface area contributed by atoms with Crippen molar-refractivity contribution in [3.8, 4) is 0 Å². The minimum atomic E-state index is 0.0216. The maximum absolute atomic E-state index is 11.8. The Morgan fingerprint density at radius 1 is 1.26 bits per heavy atom. The SMILES string of the molecule is CCCCCNCCC(=O)Nc1cccc(Cl)c1C. The van der Waals surface area contributed by atoms with Gasteiger partial charge in [-0.25, -0.2) is 0 Å². The molecule has 0 spiro atoms. The van der Waals surface area contributed by atoms with Crippen molar-refractivity contribution in [1.82, 2.24) is 5.32 Å². The first-order valence-corrected chi connectivity index (χ1v) is 7.28. The number of amides is 1. The standard InChI is InChI=1S/C15H23ClN2O/c1-3-4-5-10-17-11-9-15(19)18-14-8-6-7-13(16)12(14)2/h6-8,17H,3-5,9-11H2,1-2H3,(H,18,19). The molecule has 0 radical (unpaired) electrons. The van der Waals surface area contributed by atoms with Crippen LogP contribution in [0.15, 0.2) is 18.2 Å². The fraction of sp³-hybridized carbons (Fsp3) is 0.533. The van der Waals surface area contributed by atoms with Gasteiger partial charge in [-0.1, -0.05) is 37.4 Å². The Bertz CT molecular complexity index is 407. The molecule has 2 N–H and O–H groups in total. The zero-order chi connectivity index (χ0) is 14.1.